The van der Waals surface area contributed by atoms with E-state index in [9.17, 15) is 9.59 Å². The Labute approximate surface area is 209 Å². The molecule has 4 rings (SSSR count). The molecule has 2 amide bonds. The molecule has 1 aromatic rings. The van der Waals surface area contributed by atoms with Crippen LogP contribution >= 0.6 is 0 Å². The van der Waals surface area contributed by atoms with Gasteiger partial charge in [0.15, 0.2) is 0 Å². The number of hydrogen-bond donors (Lipinski definition) is 2. The lowest BCUT2D eigenvalue weighted by Gasteiger charge is -2.37. The van der Waals surface area contributed by atoms with Gasteiger partial charge >= 0.3 is 0 Å². The summed E-state index contributed by atoms with van der Waals surface area (Å²) in [6, 6.07) is 4.86. The molecule has 3 heterocycles. The maximum Gasteiger partial charge on any atom is 0.251 e. The number of amides is 2. The third-order valence-corrected chi connectivity index (χ3v) is 7.86. The van der Waals surface area contributed by atoms with Crippen molar-refractivity contribution in [1.82, 2.24) is 10.6 Å². The highest BCUT2D eigenvalue weighted by molar-refractivity contribution is 5.98. The van der Waals surface area contributed by atoms with E-state index in [1.165, 1.54) is 5.57 Å². The number of benzene rings is 1. The standard InChI is InChI=1S/C28H41N3O4/c1-5-31(23-8-12-35-13-9-23)26-16-22(21-6-10-34-11-7-21)15-24(20(26)4)27(32)29-17-25-18(2)14-19(3)30-28(25)33/h6,15-16,18-19,23,25H,5,7-14,17H2,1-4H3,(H,29,32)(H,30,33). The summed E-state index contributed by atoms with van der Waals surface area (Å²) in [6.07, 6.45) is 5.87. The normalized spacial score (nSPS) is 25.5. The van der Waals surface area contributed by atoms with Crippen molar-refractivity contribution in [3.63, 3.8) is 0 Å². The van der Waals surface area contributed by atoms with Gasteiger partial charge in [0.05, 0.1) is 19.1 Å². The highest BCUT2D eigenvalue weighted by atomic mass is 16.5. The zero-order valence-electron chi connectivity index (χ0n) is 21.7. The molecule has 3 aliphatic heterocycles. The van der Waals surface area contributed by atoms with Gasteiger partial charge in [-0.15, -0.1) is 0 Å². The van der Waals surface area contributed by atoms with Crippen molar-refractivity contribution in [2.45, 2.75) is 65.5 Å². The molecule has 3 atom stereocenters. The molecule has 3 unspecified atom stereocenters. The van der Waals surface area contributed by atoms with Gasteiger partial charge in [-0.05, 0) is 81.2 Å². The molecule has 2 fully saturated rings. The van der Waals surface area contributed by atoms with Crippen LogP contribution in [-0.4, -0.2) is 63.4 Å². The second kappa shape index (κ2) is 11.6. The SMILES string of the molecule is CCN(c1cc(C2=CCOCC2)cc(C(=O)NCC2C(=O)NC(C)CC2C)c1C)C1CCOCC1. The summed E-state index contributed by atoms with van der Waals surface area (Å²) in [5.74, 6) is -0.0455. The molecule has 1 aromatic carbocycles. The minimum absolute atomic E-state index is 0.0340. The maximum atomic E-state index is 13.5. The number of anilines is 1. The molecule has 0 aliphatic carbocycles. The Balaban J connectivity index is 1.63. The van der Waals surface area contributed by atoms with Crippen LogP contribution in [0.4, 0.5) is 5.69 Å². The van der Waals surface area contributed by atoms with Crippen LogP contribution in [0, 0.1) is 18.8 Å². The monoisotopic (exact) mass is 483 g/mol. The van der Waals surface area contributed by atoms with E-state index >= 15 is 0 Å². The Morgan fingerprint density at radius 2 is 1.94 bits per heavy atom. The molecular weight excluding hydrogens is 442 g/mol. The minimum Gasteiger partial charge on any atom is -0.381 e. The molecule has 0 saturated carbocycles. The van der Waals surface area contributed by atoms with Gasteiger partial charge < -0.3 is 25.0 Å². The predicted molar refractivity (Wildman–Crippen MR) is 139 cm³/mol. The maximum absolute atomic E-state index is 13.5. The van der Waals surface area contributed by atoms with Crippen LogP contribution in [0.5, 0.6) is 0 Å². The minimum atomic E-state index is -0.203. The Morgan fingerprint density at radius 3 is 2.60 bits per heavy atom. The Bertz CT molecular complexity index is 954. The fourth-order valence-corrected chi connectivity index (χ4v) is 5.81. The van der Waals surface area contributed by atoms with E-state index in [2.05, 4.69) is 41.5 Å². The topological polar surface area (TPSA) is 79.9 Å². The third-order valence-electron chi connectivity index (χ3n) is 7.86. The quantitative estimate of drug-likeness (QED) is 0.618. The Kier molecular flexibility index (Phi) is 8.50. The molecule has 3 aliphatic rings. The first-order valence-electron chi connectivity index (χ1n) is 13.2. The number of piperidine rings is 1. The average Bonchev–Trinajstić information content (AvgIpc) is 2.86. The number of hydrogen-bond acceptors (Lipinski definition) is 5. The number of carbonyl (C=O) groups is 2. The Hall–Kier alpha value is -2.38. The van der Waals surface area contributed by atoms with E-state index in [1.54, 1.807) is 0 Å². The summed E-state index contributed by atoms with van der Waals surface area (Å²) in [5, 5.41) is 6.12. The summed E-state index contributed by atoms with van der Waals surface area (Å²) in [5.41, 5.74) is 5.10. The van der Waals surface area contributed by atoms with E-state index in [4.69, 9.17) is 9.47 Å². The van der Waals surface area contributed by atoms with Crippen molar-refractivity contribution in [3.05, 3.63) is 34.9 Å². The van der Waals surface area contributed by atoms with Gasteiger partial charge in [-0.2, -0.15) is 0 Å². The third kappa shape index (κ3) is 5.89. The second-order valence-corrected chi connectivity index (χ2v) is 10.3. The van der Waals surface area contributed by atoms with Crippen LogP contribution in [0.2, 0.25) is 0 Å². The van der Waals surface area contributed by atoms with E-state index in [0.717, 1.165) is 62.3 Å². The van der Waals surface area contributed by atoms with Crippen molar-refractivity contribution in [1.29, 1.82) is 0 Å². The summed E-state index contributed by atoms with van der Waals surface area (Å²) in [6.45, 7) is 12.4. The highest BCUT2D eigenvalue weighted by Crippen LogP contribution is 2.34. The highest BCUT2D eigenvalue weighted by Gasteiger charge is 2.32. The molecular formula is C28H41N3O4. The molecule has 0 bridgehead atoms. The van der Waals surface area contributed by atoms with Crippen LogP contribution in [0.3, 0.4) is 0 Å². The summed E-state index contributed by atoms with van der Waals surface area (Å²) in [4.78, 5) is 28.5. The molecule has 0 spiro atoms. The van der Waals surface area contributed by atoms with Crippen molar-refractivity contribution < 1.29 is 19.1 Å². The lowest BCUT2D eigenvalue weighted by Crippen LogP contribution is -2.50. The molecule has 0 aromatic heterocycles. The molecule has 0 radical (unpaired) electrons. The van der Waals surface area contributed by atoms with Crippen molar-refractivity contribution >= 4 is 23.1 Å². The fourth-order valence-electron chi connectivity index (χ4n) is 5.81. The predicted octanol–water partition coefficient (Wildman–Crippen LogP) is 3.69. The van der Waals surface area contributed by atoms with Gasteiger partial charge in [0, 0.05) is 49.6 Å². The average molecular weight is 484 g/mol. The first kappa shape index (κ1) is 25.7. The number of rotatable bonds is 7. The molecule has 2 N–H and O–H groups in total. The van der Waals surface area contributed by atoms with E-state index in [1.807, 2.05) is 19.9 Å². The van der Waals surface area contributed by atoms with Gasteiger partial charge in [0.1, 0.15) is 0 Å². The fraction of sp³-hybridized carbons (Fsp3) is 0.643. The number of nitrogens with zero attached hydrogens (tertiary/aromatic N) is 1. The van der Waals surface area contributed by atoms with Gasteiger partial charge in [0.25, 0.3) is 5.91 Å². The summed E-state index contributed by atoms with van der Waals surface area (Å²) in [7, 11) is 0. The summed E-state index contributed by atoms with van der Waals surface area (Å²) < 4.78 is 11.1. The largest absolute Gasteiger partial charge is 0.381 e. The number of ether oxygens (including phenoxy) is 2. The Morgan fingerprint density at radius 1 is 1.17 bits per heavy atom. The van der Waals surface area contributed by atoms with Gasteiger partial charge in [-0.25, -0.2) is 0 Å². The van der Waals surface area contributed by atoms with Crippen LogP contribution in [0.15, 0.2) is 18.2 Å². The first-order chi connectivity index (χ1) is 16.9. The van der Waals surface area contributed by atoms with E-state index < -0.39 is 0 Å². The molecule has 2 saturated heterocycles. The van der Waals surface area contributed by atoms with Crippen LogP contribution < -0.4 is 15.5 Å². The molecule has 7 heteroatoms. The van der Waals surface area contributed by atoms with E-state index in [-0.39, 0.29) is 29.7 Å². The van der Waals surface area contributed by atoms with Crippen LogP contribution in [-0.2, 0) is 14.3 Å². The van der Waals surface area contributed by atoms with Gasteiger partial charge in [-0.3, -0.25) is 9.59 Å². The summed E-state index contributed by atoms with van der Waals surface area (Å²) >= 11 is 0. The smallest absolute Gasteiger partial charge is 0.251 e. The van der Waals surface area contributed by atoms with Gasteiger partial charge in [-0.1, -0.05) is 13.0 Å². The lowest BCUT2D eigenvalue weighted by atomic mass is 9.84. The number of nitrogens with one attached hydrogen (secondary N) is 2. The molecule has 35 heavy (non-hydrogen) atoms. The van der Waals surface area contributed by atoms with Crippen LogP contribution in [0.1, 0.15) is 67.9 Å². The molecule has 192 valence electrons. The van der Waals surface area contributed by atoms with Crippen molar-refractivity contribution in [2.24, 2.45) is 11.8 Å². The van der Waals surface area contributed by atoms with E-state index in [0.29, 0.717) is 31.4 Å². The van der Waals surface area contributed by atoms with Crippen molar-refractivity contribution in [2.75, 3.05) is 44.4 Å². The first-order valence-corrected chi connectivity index (χ1v) is 13.2. The zero-order chi connectivity index (χ0) is 24.9. The zero-order valence-corrected chi connectivity index (χ0v) is 21.7. The van der Waals surface area contributed by atoms with Gasteiger partial charge in [0.2, 0.25) is 5.91 Å². The second-order valence-electron chi connectivity index (χ2n) is 10.3. The number of carbonyl (C=O) groups excluding carboxylic acids is 2. The van der Waals surface area contributed by atoms with Crippen molar-refractivity contribution in [3.8, 4) is 0 Å². The molecule has 7 nitrogen and oxygen atoms in total. The van der Waals surface area contributed by atoms with Crippen LogP contribution in [0.25, 0.3) is 5.57 Å². The lowest BCUT2D eigenvalue weighted by molar-refractivity contribution is -0.129.